The average molecular weight is 334 g/mol. The number of aromatic nitrogens is 2. The van der Waals surface area contributed by atoms with Crippen molar-refractivity contribution in [2.75, 3.05) is 6.54 Å². The summed E-state index contributed by atoms with van der Waals surface area (Å²) >= 11 is 0. The fraction of sp³-hybridized carbons (Fsp3) is 0.200. The molecular weight excluding hydrogens is 312 g/mol. The highest BCUT2D eigenvalue weighted by atomic mass is 16.1. The molecule has 1 aromatic heterocycles. The molecule has 3 N–H and O–H groups in total. The van der Waals surface area contributed by atoms with Crippen LogP contribution in [-0.4, -0.2) is 22.0 Å². The average Bonchev–Trinajstić information content (AvgIpc) is 3.06. The van der Waals surface area contributed by atoms with Gasteiger partial charge in [0.25, 0.3) is 5.91 Å². The summed E-state index contributed by atoms with van der Waals surface area (Å²) in [5.41, 5.74) is 10.4. The fourth-order valence-corrected chi connectivity index (χ4v) is 2.78. The summed E-state index contributed by atoms with van der Waals surface area (Å²) in [5.74, 6) is -0.0688. The Bertz CT molecular complexity index is 852. The molecule has 5 heteroatoms. The van der Waals surface area contributed by atoms with Crippen LogP contribution in [-0.2, 0) is 20.0 Å². The highest BCUT2D eigenvalue weighted by Crippen LogP contribution is 2.24. The summed E-state index contributed by atoms with van der Waals surface area (Å²) in [7, 11) is 1.95. The molecule has 3 rings (SSSR count). The van der Waals surface area contributed by atoms with Crippen LogP contribution in [0.3, 0.4) is 0 Å². The minimum Gasteiger partial charge on any atom is -0.352 e. The van der Waals surface area contributed by atoms with Crippen LogP contribution in [0, 0.1) is 0 Å². The second-order valence-electron chi connectivity index (χ2n) is 5.95. The summed E-state index contributed by atoms with van der Waals surface area (Å²) in [6, 6.07) is 15.6. The van der Waals surface area contributed by atoms with Gasteiger partial charge in [0.1, 0.15) is 0 Å². The first-order chi connectivity index (χ1) is 12.2. The van der Waals surface area contributed by atoms with Crippen molar-refractivity contribution in [1.29, 1.82) is 0 Å². The molecule has 0 aliphatic heterocycles. The SMILES string of the molecule is Cn1cncc1CCNC(=O)c1ccccc1-c1ccc(CN)cc1. The van der Waals surface area contributed by atoms with E-state index in [1.165, 1.54) is 0 Å². The van der Waals surface area contributed by atoms with Crippen molar-refractivity contribution < 1.29 is 4.79 Å². The highest BCUT2D eigenvalue weighted by Gasteiger charge is 2.12. The van der Waals surface area contributed by atoms with E-state index in [4.69, 9.17) is 5.73 Å². The van der Waals surface area contributed by atoms with Crippen molar-refractivity contribution in [3.05, 3.63) is 77.9 Å². The molecule has 2 aromatic carbocycles. The number of benzene rings is 2. The predicted octanol–water partition coefficient (Wildman–Crippen LogP) is 2.52. The number of hydrogen-bond donors (Lipinski definition) is 2. The van der Waals surface area contributed by atoms with Crippen molar-refractivity contribution in [2.45, 2.75) is 13.0 Å². The summed E-state index contributed by atoms with van der Waals surface area (Å²) in [6.45, 7) is 1.08. The van der Waals surface area contributed by atoms with E-state index in [1.807, 2.05) is 66.3 Å². The van der Waals surface area contributed by atoms with Gasteiger partial charge in [-0.25, -0.2) is 4.98 Å². The third kappa shape index (κ3) is 3.95. The van der Waals surface area contributed by atoms with E-state index in [0.29, 0.717) is 18.7 Å². The lowest BCUT2D eigenvalue weighted by Gasteiger charge is -2.11. The monoisotopic (exact) mass is 334 g/mol. The summed E-state index contributed by atoms with van der Waals surface area (Å²) in [6.07, 6.45) is 4.33. The zero-order valence-electron chi connectivity index (χ0n) is 14.3. The first kappa shape index (κ1) is 16.9. The number of nitrogens with two attached hydrogens (primary N) is 1. The molecule has 0 spiro atoms. The molecule has 5 nitrogen and oxygen atoms in total. The lowest BCUT2D eigenvalue weighted by Crippen LogP contribution is -2.26. The smallest absolute Gasteiger partial charge is 0.251 e. The number of nitrogens with zero attached hydrogens (tertiary/aromatic N) is 2. The molecule has 0 bridgehead atoms. The maximum absolute atomic E-state index is 12.6. The van der Waals surface area contributed by atoms with Crippen LogP contribution in [0.15, 0.2) is 61.1 Å². The maximum atomic E-state index is 12.6. The zero-order chi connectivity index (χ0) is 17.6. The van der Waals surface area contributed by atoms with Gasteiger partial charge in [0.15, 0.2) is 0 Å². The van der Waals surface area contributed by atoms with Gasteiger partial charge in [-0.05, 0) is 22.8 Å². The van der Waals surface area contributed by atoms with Gasteiger partial charge in [0.05, 0.1) is 6.33 Å². The van der Waals surface area contributed by atoms with E-state index in [2.05, 4.69) is 10.3 Å². The van der Waals surface area contributed by atoms with E-state index >= 15 is 0 Å². The number of rotatable bonds is 6. The van der Waals surface area contributed by atoms with Crippen LogP contribution in [0.25, 0.3) is 11.1 Å². The molecule has 0 fully saturated rings. The Morgan fingerprint density at radius 2 is 1.92 bits per heavy atom. The van der Waals surface area contributed by atoms with Gasteiger partial charge in [-0.15, -0.1) is 0 Å². The van der Waals surface area contributed by atoms with E-state index in [1.54, 1.807) is 6.33 Å². The standard InChI is InChI=1S/C20H22N4O/c1-24-14-22-13-17(24)10-11-23-20(25)19-5-3-2-4-18(19)16-8-6-15(12-21)7-9-16/h2-9,13-14H,10-12,21H2,1H3,(H,23,25). The van der Waals surface area contributed by atoms with E-state index < -0.39 is 0 Å². The minimum atomic E-state index is -0.0688. The van der Waals surface area contributed by atoms with Crippen LogP contribution in [0.4, 0.5) is 0 Å². The Hall–Kier alpha value is -2.92. The van der Waals surface area contributed by atoms with Gasteiger partial charge in [-0.3, -0.25) is 4.79 Å². The summed E-state index contributed by atoms with van der Waals surface area (Å²) in [5, 5.41) is 3.00. The molecule has 128 valence electrons. The van der Waals surface area contributed by atoms with Gasteiger partial charge < -0.3 is 15.6 Å². The van der Waals surface area contributed by atoms with Crippen LogP contribution in [0.5, 0.6) is 0 Å². The first-order valence-corrected chi connectivity index (χ1v) is 8.31. The van der Waals surface area contributed by atoms with Crippen LogP contribution in [0.1, 0.15) is 21.6 Å². The molecule has 0 radical (unpaired) electrons. The topological polar surface area (TPSA) is 72.9 Å². The number of aryl methyl sites for hydroxylation is 1. The number of carbonyl (C=O) groups is 1. The van der Waals surface area contributed by atoms with Crippen molar-refractivity contribution >= 4 is 5.91 Å². The second-order valence-corrected chi connectivity index (χ2v) is 5.95. The molecule has 0 saturated carbocycles. The van der Waals surface area contributed by atoms with Gasteiger partial charge >= 0.3 is 0 Å². The van der Waals surface area contributed by atoms with Crippen molar-refractivity contribution in [2.24, 2.45) is 12.8 Å². The summed E-state index contributed by atoms with van der Waals surface area (Å²) < 4.78 is 1.96. The van der Waals surface area contributed by atoms with E-state index in [-0.39, 0.29) is 5.91 Å². The number of hydrogen-bond acceptors (Lipinski definition) is 3. The van der Waals surface area contributed by atoms with E-state index in [0.717, 1.165) is 28.8 Å². The molecular formula is C20H22N4O. The molecule has 0 saturated heterocycles. The predicted molar refractivity (Wildman–Crippen MR) is 99.0 cm³/mol. The van der Waals surface area contributed by atoms with Crippen LogP contribution < -0.4 is 11.1 Å². The fourth-order valence-electron chi connectivity index (χ4n) is 2.78. The third-order valence-electron chi connectivity index (χ3n) is 4.26. The lowest BCUT2D eigenvalue weighted by atomic mass is 9.98. The third-order valence-corrected chi connectivity index (χ3v) is 4.26. The summed E-state index contributed by atoms with van der Waals surface area (Å²) in [4.78, 5) is 16.7. The van der Waals surface area contributed by atoms with Crippen molar-refractivity contribution in [3.63, 3.8) is 0 Å². The van der Waals surface area contributed by atoms with Crippen LogP contribution >= 0.6 is 0 Å². The van der Waals surface area contributed by atoms with Crippen LogP contribution in [0.2, 0.25) is 0 Å². The quantitative estimate of drug-likeness (QED) is 0.727. The lowest BCUT2D eigenvalue weighted by molar-refractivity contribution is 0.0954. The maximum Gasteiger partial charge on any atom is 0.251 e. The molecule has 0 atom stereocenters. The Balaban J connectivity index is 1.73. The Morgan fingerprint density at radius 1 is 1.16 bits per heavy atom. The molecule has 0 aliphatic rings. The molecule has 1 amide bonds. The highest BCUT2D eigenvalue weighted by molar-refractivity contribution is 6.00. The Kier molecular flexibility index (Phi) is 5.26. The van der Waals surface area contributed by atoms with Gasteiger partial charge in [0.2, 0.25) is 0 Å². The number of amides is 1. The Labute approximate surface area is 147 Å². The van der Waals surface area contributed by atoms with Gasteiger partial charge in [-0.1, -0.05) is 42.5 Å². The van der Waals surface area contributed by atoms with Gasteiger partial charge in [0, 0.05) is 44.0 Å². The van der Waals surface area contributed by atoms with E-state index in [9.17, 15) is 4.79 Å². The number of carbonyl (C=O) groups excluding carboxylic acids is 1. The zero-order valence-corrected chi connectivity index (χ0v) is 14.3. The first-order valence-electron chi connectivity index (χ1n) is 8.31. The largest absolute Gasteiger partial charge is 0.352 e. The Morgan fingerprint density at radius 3 is 2.60 bits per heavy atom. The van der Waals surface area contributed by atoms with Crippen molar-refractivity contribution in [1.82, 2.24) is 14.9 Å². The normalized spacial score (nSPS) is 10.6. The van der Waals surface area contributed by atoms with Crippen molar-refractivity contribution in [3.8, 4) is 11.1 Å². The van der Waals surface area contributed by atoms with Gasteiger partial charge in [-0.2, -0.15) is 0 Å². The second kappa shape index (κ2) is 7.77. The molecule has 3 aromatic rings. The molecule has 0 aliphatic carbocycles. The molecule has 1 heterocycles. The number of imidazole rings is 1. The molecule has 0 unspecified atom stereocenters. The number of nitrogens with one attached hydrogen (secondary N) is 1. The minimum absolute atomic E-state index is 0.0688. The molecule has 25 heavy (non-hydrogen) atoms.